The SMILES string of the molecule is Cc1ccc(S(=O)(=O)Nn2nnc3c2CCCCCC3)cc1. The molecule has 2 aromatic rings. The summed E-state index contributed by atoms with van der Waals surface area (Å²) >= 11 is 0. The van der Waals surface area contributed by atoms with Gasteiger partial charge in [-0.3, -0.25) is 0 Å². The zero-order valence-electron chi connectivity index (χ0n) is 12.6. The van der Waals surface area contributed by atoms with E-state index >= 15 is 0 Å². The number of rotatable bonds is 3. The minimum absolute atomic E-state index is 0.230. The molecule has 1 aliphatic carbocycles. The number of nitrogens with one attached hydrogen (secondary N) is 1. The molecule has 0 amide bonds. The van der Waals surface area contributed by atoms with Crippen LogP contribution in [0.15, 0.2) is 29.2 Å². The lowest BCUT2D eigenvalue weighted by Crippen LogP contribution is -2.26. The van der Waals surface area contributed by atoms with Crippen LogP contribution >= 0.6 is 0 Å². The minimum Gasteiger partial charge on any atom is -0.200 e. The molecule has 1 heterocycles. The largest absolute Gasteiger partial charge is 0.276 e. The number of hydrogen-bond acceptors (Lipinski definition) is 4. The average molecular weight is 320 g/mol. The Morgan fingerprint density at radius 3 is 2.45 bits per heavy atom. The van der Waals surface area contributed by atoms with Crippen molar-refractivity contribution in [3.8, 4) is 0 Å². The normalized spacial score (nSPS) is 15.7. The highest BCUT2D eigenvalue weighted by molar-refractivity contribution is 7.92. The van der Waals surface area contributed by atoms with Crippen molar-refractivity contribution in [3.05, 3.63) is 41.2 Å². The van der Waals surface area contributed by atoms with Crippen molar-refractivity contribution in [3.63, 3.8) is 0 Å². The standard InChI is InChI=1S/C15H20N4O2S/c1-12-8-10-13(11-9-12)22(20,21)18-19-15-7-5-3-2-4-6-14(15)16-17-19/h8-11,18H,2-7H2,1H3. The molecular formula is C15H20N4O2S. The van der Waals surface area contributed by atoms with Crippen molar-refractivity contribution in [2.24, 2.45) is 0 Å². The number of aryl methyl sites for hydroxylation is 2. The molecule has 0 fully saturated rings. The van der Waals surface area contributed by atoms with Gasteiger partial charge < -0.3 is 0 Å². The second-order valence-electron chi connectivity index (χ2n) is 5.72. The van der Waals surface area contributed by atoms with Gasteiger partial charge in [0.05, 0.1) is 16.3 Å². The van der Waals surface area contributed by atoms with E-state index in [0.29, 0.717) is 0 Å². The molecule has 0 unspecified atom stereocenters. The van der Waals surface area contributed by atoms with Gasteiger partial charge in [-0.15, -0.1) is 9.89 Å². The second kappa shape index (κ2) is 6.08. The fraction of sp³-hybridized carbons (Fsp3) is 0.467. The third-order valence-electron chi connectivity index (χ3n) is 3.96. The van der Waals surface area contributed by atoms with Gasteiger partial charge in [0.25, 0.3) is 10.0 Å². The number of fused-ring (bicyclic) bond motifs is 1. The number of benzene rings is 1. The highest BCUT2D eigenvalue weighted by Gasteiger charge is 2.20. The van der Waals surface area contributed by atoms with E-state index in [-0.39, 0.29) is 4.90 Å². The Balaban J connectivity index is 1.87. The summed E-state index contributed by atoms with van der Waals surface area (Å²) in [6, 6.07) is 6.75. The summed E-state index contributed by atoms with van der Waals surface area (Å²) in [5.41, 5.74) is 2.81. The number of hydrogen-bond donors (Lipinski definition) is 1. The van der Waals surface area contributed by atoms with Gasteiger partial charge in [0.2, 0.25) is 0 Å². The minimum atomic E-state index is -3.64. The fourth-order valence-corrected chi connectivity index (χ4v) is 3.65. The van der Waals surface area contributed by atoms with Gasteiger partial charge in [-0.2, -0.15) is 13.2 Å². The van der Waals surface area contributed by atoms with Crippen LogP contribution in [0, 0.1) is 6.92 Å². The predicted octanol–water partition coefficient (Wildman–Crippen LogP) is 2.18. The second-order valence-corrected chi connectivity index (χ2v) is 7.38. The molecule has 0 atom stereocenters. The Labute approximate surface area is 130 Å². The lowest BCUT2D eigenvalue weighted by molar-refractivity contribution is 0.579. The molecular weight excluding hydrogens is 300 g/mol. The quantitative estimate of drug-likeness (QED) is 0.940. The Morgan fingerprint density at radius 2 is 1.73 bits per heavy atom. The maximum Gasteiger partial charge on any atom is 0.276 e. The van der Waals surface area contributed by atoms with Gasteiger partial charge in [0.1, 0.15) is 0 Å². The number of aromatic nitrogens is 3. The van der Waals surface area contributed by atoms with Crippen molar-refractivity contribution in [2.45, 2.75) is 50.3 Å². The molecule has 1 aromatic heterocycles. The van der Waals surface area contributed by atoms with Gasteiger partial charge in [-0.25, -0.2) is 0 Å². The predicted molar refractivity (Wildman–Crippen MR) is 83.6 cm³/mol. The Morgan fingerprint density at radius 1 is 1.05 bits per heavy atom. The summed E-state index contributed by atoms with van der Waals surface area (Å²) in [6.45, 7) is 1.92. The van der Waals surface area contributed by atoms with Crippen LogP contribution < -0.4 is 4.83 Å². The highest BCUT2D eigenvalue weighted by atomic mass is 32.2. The number of sulfonamides is 1. The molecule has 22 heavy (non-hydrogen) atoms. The Kier molecular flexibility index (Phi) is 4.15. The van der Waals surface area contributed by atoms with Gasteiger partial charge in [0, 0.05) is 0 Å². The van der Waals surface area contributed by atoms with E-state index in [0.717, 1.165) is 49.1 Å². The van der Waals surface area contributed by atoms with E-state index in [2.05, 4.69) is 15.1 Å². The molecule has 7 heteroatoms. The molecule has 0 aliphatic heterocycles. The maximum absolute atomic E-state index is 12.5. The molecule has 0 spiro atoms. The van der Waals surface area contributed by atoms with Gasteiger partial charge >= 0.3 is 0 Å². The van der Waals surface area contributed by atoms with Crippen molar-refractivity contribution in [1.29, 1.82) is 0 Å². The van der Waals surface area contributed by atoms with E-state index < -0.39 is 10.0 Å². The van der Waals surface area contributed by atoms with E-state index in [1.54, 1.807) is 24.3 Å². The Hall–Kier alpha value is -1.89. The summed E-state index contributed by atoms with van der Waals surface area (Å²) in [6.07, 6.45) is 6.14. The molecule has 0 bridgehead atoms. The van der Waals surface area contributed by atoms with Crippen LogP contribution in [0.25, 0.3) is 0 Å². The molecule has 1 aromatic carbocycles. The first-order chi connectivity index (χ1) is 10.6. The summed E-state index contributed by atoms with van der Waals surface area (Å²) < 4.78 is 24.9. The van der Waals surface area contributed by atoms with Crippen LogP contribution in [0.5, 0.6) is 0 Å². The van der Waals surface area contributed by atoms with E-state index in [4.69, 9.17) is 0 Å². The first kappa shape index (κ1) is 15.0. The molecule has 6 nitrogen and oxygen atoms in total. The summed E-state index contributed by atoms with van der Waals surface area (Å²) in [4.78, 5) is 4.08. The smallest absolute Gasteiger partial charge is 0.200 e. The Bertz CT molecular complexity index is 750. The van der Waals surface area contributed by atoms with Crippen LogP contribution in [0.3, 0.4) is 0 Å². The maximum atomic E-state index is 12.5. The summed E-state index contributed by atoms with van der Waals surface area (Å²) in [7, 11) is -3.64. The highest BCUT2D eigenvalue weighted by Crippen LogP contribution is 2.18. The molecule has 118 valence electrons. The zero-order valence-corrected chi connectivity index (χ0v) is 13.4. The van der Waals surface area contributed by atoms with Crippen LogP contribution in [0.4, 0.5) is 0 Å². The average Bonchev–Trinajstić information content (AvgIpc) is 2.79. The van der Waals surface area contributed by atoms with Crippen LogP contribution in [0.1, 0.15) is 42.6 Å². The monoisotopic (exact) mass is 320 g/mol. The molecule has 0 saturated heterocycles. The third kappa shape index (κ3) is 3.14. The topological polar surface area (TPSA) is 76.9 Å². The van der Waals surface area contributed by atoms with Crippen molar-refractivity contribution < 1.29 is 8.42 Å². The molecule has 0 radical (unpaired) electrons. The van der Waals surface area contributed by atoms with Gasteiger partial charge in [-0.1, -0.05) is 30.5 Å². The first-order valence-electron chi connectivity index (χ1n) is 7.59. The van der Waals surface area contributed by atoms with Crippen molar-refractivity contribution >= 4 is 10.0 Å². The summed E-state index contributed by atoms with van der Waals surface area (Å²) in [5.74, 6) is 0. The molecule has 0 saturated carbocycles. The summed E-state index contributed by atoms with van der Waals surface area (Å²) in [5, 5.41) is 8.12. The fourth-order valence-electron chi connectivity index (χ4n) is 2.67. The molecule has 1 N–H and O–H groups in total. The van der Waals surface area contributed by atoms with Crippen molar-refractivity contribution in [2.75, 3.05) is 4.83 Å². The molecule has 3 rings (SSSR count). The van der Waals surface area contributed by atoms with Gasteiger partial charge in [-0.05, 0) is 50.0 Å². The first-order valence-corrected chi connectivity index (χ1v) is 9.07. The van der Waals surface area contributed by atoms with Crippen LogP contribution in [-0.2, 0) is 22.9 Å². The lowest BCUT2D eigenvalue weighted by Gasteiger charge is -2.13. The molecule has 1 aliphatic rings. The van der Waals surface area contributed by atoms with Gasteiger partial charge in [0.15, 0.2) is 0 Å². The van der Waals surface area contributed by atoms with E-state index in [1.165, 1.54) is 11.2 Å². The lowest BCUT2D eigenvalue weighted by atomic mass is 10.0. The number of nitrogens with zero attached hydrogens (tertiary/aromatic N) is 3. The van der Waals surface area contributed by atoms with E-state index in [9.17, 15) is 8.42 Å². The van der Waals surface area contributed by atoms with Crippen LogP contribution in [-0.4, -0.2) is 23.5 Å². The van der Waals surface area contributed by atoms with E-state index in [1.807, 2.05) is 6.92 Å². The van der Waals surface area contributed by atoms with Crippen molar-refractivity contribution in [1.82, 2.24) is 15.1 Å². The zero-order chi connectivity index (χ0) is 15.6. The third-order valence-corrected chi connectivity index (χ3v) is 5.26. The van der Waals surface area contributed by atoms with Crippen LogP contribution in [0.2, 0.25) is 0 Å².